The Morgan fingerprint density at radius 3 is 2.78 bits per heavy atom. The van der Waals surface area contributed by atoms with Crippen molar-refractivity contribution in [2.45, 2.75) is 18.4 Å². The van der Waals surface area contributed by atoms with Gasteiger partial charge >= 0.3 is 5.97 Å². The fraction of sp³-hybridized carbons (Fsp3) is 0.833. The van der Waals surface area contributed by atoms with Crippen molar-refractivity contribution in [2.75, 3.05) is 6.61 Å². The SMILES string of the molecule is O=C(O)C12CC1CCO2. The zero-order chi connectivity index (χ0) is 6.48. The molecule has 3 nitrogen and oxygen atoms in total. The van der Waals surface area contributed by atoms with Gasteiger partial charge in [-0.25, -0.2) is 4.79 Å². The number of rotatable bonds is 1. The zero-order valence-electron chi connectivity index (χ0n) is 4.96. The van der Waals surface area contributed by atoms with E-state index in [1.165, 1.54) is 0 Å². The number of carbonyl (C=O) groups is 1. The maximum absolute atomic E-state index is 10.4. The lowest BCUT2D eigenvalue weighted by atomic mass is 10.2. The van der Waals surface area contributed by atoms with Gasteiger partial charge in [0.25, 0.3) is 0 Å². The fourth-order valence-corrected chi connectivity index (χ4v) is 1.53. The van der Waals surface area contributed by atoms with Gasteiger partial charge in [0.15, 0.2) is 5.60 Å². The summed E-state index contributed by atoms with van der Waals surface area (Å²) in [5.74, 6) is -0.444. The van der Waals surface area contributed by atoms with E-state index in [1.807, 2.05) is 0 Å². The van der Waals surface area contributed by atoms with Crippen LogP contribution in [0.3, 0.4) is 0 Å². The third kappa shape index (κ3) is 0.477. The molecule has 0 aromatic rings. The van der Waals surface area contributed by atoms with Crippen LogP contribution >= 0.6 is 0 Å². The first-order chi connectivity index (χ1) is 4.26. The van der Waals surface area contributed by atoms with Crippen LogP contribution in [0.15, 0.2) is 0 Å². The molecule has 2 rings (SSSR count). The van der Waals surface area contributed by atoms with E-state index in [4.69, 9.17) is 9.84 Å². The Labute approximate surface area is 52.6 Å². The molecule has 2 atom stereocenters. The Bertz CT molecular complexity index is 166. The molecular weight excluding hydrogens is 120 g/mol. The highest BCUT2D eigenvalue weighted by atomic mass is 16.5. The van der Waals surface area contributed by atoms with Crippen LogP contribution in [0.1, 0.15) is 12.8 Å². The molecule has 9 heavy (non-hydrogen) atoms. The van der Waals surface area contributed by atoms with Crippen molar-refractivity contribution < 1.29 is 14.6 Å². The van der Waals surface area contributed by atoms with Gasteiger partial charge in [0.05, 0.1) is 0 Å². The number of carboxylic acid groups (broad SMARTS) is 1. The van der Waals surface area contributed by atoms with E-state index in [0.29, 0.717) is 12.5 Å². The maximum Gasteiger partial charge on any atom is 0.336 e. The molecule has 1 saturated heterocycles. The standard InChI is InChI=1S/C6H8O3/c7-5(8)6-3-4(6)1-2-9-6/h4H,1-3H2,(H,7,8). The molecule has 0 aromatic heterocycles. The Balaban J connectivity index is 2.19. The van der Waals surface area contributed by atoms with Crippen LogP contribution in [0.25, 0.3) is 0 Å². The molecular formula is C6H8O3. The van der Waals surface area contributed by atoms with Crippen LogP contribution in [0.5, 0.6) is 0 Å². The average molecular weight is 128 g/mol. The highest BCUT2D eigenvalue weighted by Crippen LogP contribution is 2.53. The number of hydrogen-bond acceptors (Lipinski definition) is 2. The van der Waals surface area contributed by atoms with Crippen molar-refractivity contribution in [3.05, 3.63) is 0 Å². The Hall–Kier alpha value is -0.570. The van der Waals surface area contributed by atoms with Gasteiger partial charge in [0, 0.05) is 12.5 Å². The van der Waals surface area contributed by atoms with Crippen molar-refractivity contribution in [3.63, 3.8) is 0 Å². The normalized spacial score (nSPS) is 46.4. The van der Waals surface area contributed by atoms with Gasteiger partial charge in [-0.2, -0.15) is 0 Å². The molecule has 2 fully saturated rings. The van der Waals surface area contributed by atoms with Crippen molar-refractivity contribution in [2.24, 2.45) is 5.92 Å². The first-order valence-electron chi connectivity index (χ1n) is 3.13. The van der Waals surface area contributed by atoms with Crippen LogP contribution in [-0.4, -0.2) is 23.3 Å². The summed E-state index contributed by atoms with van der Waals surface area (Å²) in [5, 5.41) is 8.59. The molecule has 0 spiro atoms. The average Bonchev–Trinajstić information content (AvgIpc) is 2.38. The van der Waals surface area contributed by atoms with Gasteiger partial charge in [-0.15, -0.1) is 0 Å². The lowest BCUT2D eigenvalue weighted by Gasteiger charge is -2.03. The summed E-state index contributed by atoms with van der Waals surface area (Å²) < 4.78 is 5.08. The second kappa shape index (κ2) is 1.29. The molecule has 0 radical (unpaired) electrons. The van der Waals surface area contributed by atoms with E-state index in [1.54, 1.807) is 0 Å². The molecule has 1 N–H and O–H groups in total. The van der Waals surface area contributed by atoms with Crippen LogP contribution in [-0.2, 0) is 9.53 Å². The summed E-state index contributed by atoms with van der Waals surface area (Å²) >= 11 is 0. The summed E-state index contributed by atoms with van der Waals surface area (Å²) in [6.45, 7) is 0.636. The van der Waals surface area contributed by atoms with E-state index in [-0.39, 0.29) is 0 Å². The van der Waals surface area contributed by atoms with Crippen molar-refractivity contribution in [1.82, 2.24) is 0 Å². The van der Waals surface area contributed by atoms with Gasteiger partial charge in [-0.05, 0) is 12.8 Å². The second-order valence-electron chi connectivity index (χ2n) is 2.73. The number of aliphatic carboxylic acids is 1. The van der Waals surface area contributed by atoms with Crippen molar-refractivity contribution in [1.29, 1.82) is 0 Å². The maximum atomic E-state index is 10.4. The Morgan fingerprint density at radius 2 is 2.56 bits per heavy atom. The topological polar surface area (TPSA) is 46.5 Å². The molecule has 0 bridgehead atoms. The molecule has 2 aliphatic rings. The third-order valence-corrected chi connectivity index (χ3v) is 2.24. The zero-order valence-corrected chi connectivity index (χ0v) is 4.96. The summed E-state index contributed by atoms with van der Waals surface area (Å²) in [7, 11) is 0. The van der Waals surface area contributed by atoms with E-state index in [2.05, 4.69) is 0 Å². The molecule has 0 amide bonds. The molecule has 1 heterocycles. The van der Waals surface area contributed by atoms with Gasteiger partial charge in [-0.3, -0.25) is 0 Å². The molecule has 2 unspecified atom stereocenters. The monoisotopic (exact) mass is 128 g/mol. The van der Waals surface area contributed by atoms with E-state index >= 15 is 0 Å². The van der Waals surface area contributed by atoms with Crippen LogP contribution < -0.4 is 0 Å². The van der Waals surface area contributed by atoms with Crippen molar-refractivity contribution >= 4 is 5.97 Å². The van der Waals surface area contributed by atoms with Gasteiger partial charge < -0.3 is 9.84 Å². The molecule has 0 aromatic carbocycles. The summed E-state index contributed by atoms with van der Waals surface area (Å²) in [6, 6.07) is 0. The minimum absolute atomic E-state index is 0.329. The summed E-state index contributed by atoms with van der Waals surface area (Å²) in [6.07, 6.45) is 1.68. The smallest absolute Gasteiger partial charge is 0.336 e. The molecule has 1 aliphatic carbocycles. The first-order valence-corrected chi connectivity index (χ1v) is 3.13. The number of hydrogen-bond donors (Lipinski definition) is 1. The highest BCUT2D eigenvalue weighted by molar-refractivity contribution is 5.82. The van der Waals surface area contributed by atoms with Crippen molar-refractivity contribution in [3.8, 4) is 0 Å². The largest absolute Gasteiger partial charge is 0.479 e. The molecule has 50 valence electrons. The van der Waals surface area contributed by atoms with Gasteiger partial charge in [0.1, 0.15) is 0 Å². The van der Waals surface area contributed by atoms with Gasteiger partial charge in [-0.1, -0.05) is 0 Å². The Kier molecular flexibility index (Phi) is 0.750. The molecule has 3 heteroatoms. The van der Waals surface area contributed by atoms with E-state index in [9.17, 15) is 4.79 Å². The minimum Gasteiger partial charge on any atom is -0.479 e. The highest BCUT2D eigenvalue weighted by Gasteiger charge is 2.64. The predicted octanol–water partition coefficient (Wildman–Crippen LogP) is 0.250. The quantitative estimate of drug-likeness (QED) is 0.550. The first kappa shape index (κ1) is 5.23. The van der Waals surface area contributed by atoms with E-state index < -0.39 is 11.6 Å². The van der Waals surface area contributed by atoms with Crippen LogP contribution in [0.2, 0.25) is 0 Å². The molecule has 1 aliphatic heterocycles. The van der Waals surface area contributed by atoms with Gasteiger partial charge in [0.2, 0.25) is 0 Å². The Morgan fingerprint density at radius 1 is 1.78 bits per heavy atom. The molecule has 1 saturated carbocycles. The minimum atomic E-state index is -0.773. The van der Waals surface area contributed by atoms with Crippen LogP contribution in [0, 0.1) is 5.92 Å². The van der Waals surface area contributed by atoms with E-state index in [0.717, 1.165) is 12.8 Å². The predicted molar refractivity (Wildman–Crippen MR) is 29.0 cm³/mol. The third-order valence-electron chi connectivity index (χ3n) is 2.24. The number of carboxylic acids is 1. The lowest BCUT2D eigenvalue weighted by molar-refractivity contribution is -0.151. The van der Waals surface area contributed by atoms with Crippen LogP contribution in [0.4, 0.5) is 0 Å². The number of ether oxygens (including phenoxy) is 1. The number of fused-ring (bicyclic) bond motifs is 1. The second-order valence-corrected chi connectivity index (χ2v) is 2.73. The lowest BCUT2D eigenvalue weighted by Crippen LogP contribution is -2.24. The fourth-order valence-electron chi connectivity index (χ4n) is 1.53. The summed E-state index contributed by atoms with van der Waals surface area (Å²) in [5.41, 5.74) is -0.722. The summed E-state index contributed by atoms with van der Waals surface area (Å²) in [4.78, 5) is 10.4.